The maximum absolute atomic E-state index is 13.0. The highest BCUT2D eigenvalue weighted by Gasteiger charge is 2.59. The van der Waals surface area contributed by atoms with Gasteiger partial charge in [0.05, 0.1) is 22.3 Å². The number of carbonyl (C=O) groups is 3. The summed E-state index contributed by atoms with van der Waals surface area (Å²) in [6, 6.07) is 2.38. The Bertz CT molecular complexity index is 1080. The highest BCUT2D eigenvalue weighted by molar-refractivity contribution is 6.08. The van der Waals surface area contributed by atoms with Crippen molar-refractivity contribution >= 4 is 29.1 Å². The SMILES string of the molecule is O=C(CN1C(=O)C2C3C=CC(C3)C2C1=O)N1CCN(c2ccc(C(F)(F)F)cc2[N+](=O)[O-])CC1. The van der Waals surface area contributed by atoms with E-state index in [1.165, 1.54) is 4.90 Å². The summed E-state index contributed by atoms with van der Waals surface area (Å²) >= 11 is 0. The maximum atomic E-state index is 13.0. The van der Waals surface area contributed by atoms with Crippen molar-refractivity contribution in [3.63, 3.8) is 0 Å². The summed E-state index contributed by atoms with van der Waals surface area (Å²) in [6.07, 6.45) is 0.0452. The number of nitrogens with zero attached hydrogens (tertiary/aromatic N) is 4. The number of halogens is 3. The van der Waals surface area contributed by atoms with Crippen molar-refractivity contribution in [1.82, 2.24) is 9.80 Å². The number of benzene rings is 1. The normalized spacial score (nSPS) is 28.1. The van der Waals surface area contributed by atoms with E-state index in [1.807, 2.05) is 12.2 Å². The fourth-order valence-electron chi connectivity index (χ4n) is 5.67. The van der Waals surface area contributed by atoms with E-state index in [9.17, 15) is 37.7 Å². The predicted molar refractivity (Wildman–Crippen MR) is 111 cm³/mol. The molecule has 4 atom stereocenters. The fourth-order valence-corrected chi connectivity index (χ4v) is 5.67. The number of alkyl halides is 3. The Hall–Kier alpha value is -3.44. The van der Waals surface area contributed by atoms with E-state index >= 15 is 0 Å². The monoisotopic (exact) mass is 478 g/mol. The zero-order valence-electron chi connectivity index (χ0n) is 17.9. The van der Waals surface area contributed by atoms with Gasteiger partial charge in [-0.15, -0.1) is 0 Å². The number of rotatable bonds is 4. The smallest absolute Gasteiger partial charge is 0.362 e. The Labute approximate surface area is 191 Å². The van der Waals surface area contributed by atoms with Gasteiger partial charge in [0.25, 0.3) is 5.69 Å². The number of allylic oxidation sites excluding steroid dienone is 2. The molecule has 180 valence electrons. The molecule has 1 aromatic carbocycles. The molecule has 5 rings (SSSR count). The molecule has 0 aromatic heterocycles. The van der Waals surface area contributed by atoms with Crippen LogP contribution in [0.4, 0.5) is 24.5 Å². The van der Waals surface area contributed by atoms with Crippen LogP contribution in [0.1, 0.15) is 12.0 Å². The summed E-state index contributed by atoms with van der Waals surface area (Å²) in [6.45, 7) is 0.308. The first-order valence-corrected chi connectivity index (χ1v) is 11.0. The molecule has 34 heavy (non-hydrogen) atoms. The third-order valence-electron chi connectivity index (χ3n) is 7.33. The molecular weight excluding hydrogens is 457 g/mol. The van der Waals surface area contributed by atoms with Gasteiger partial charge in [-0.2, -0.15) is 13.2 Å². The lowest BCUT2D eigenvalue weighted by atomic mass is 9.85. The number of nitro benzene ring substituents is 1. The molecule has 2 bridgehead atoms. The number of nitro groups is 1. The summed E-state index contributed by atoms with van der Waals surface area (Å²) < 4.78 is 38.9. The number of hydrogen-bond acceptors (Lipinski definition) is 6. The third kappa shape index (κ3) is 3.51. The third-order valence-corrected chi connectivity index (χ3v) is 7.33. The molecular formula is C22H21F3N4O5. The van der Waals surface area contributed by atoms with Crippen LogP contribution < -0.4 is 4.90 Å². The van der Waals surface area contributed by atoms with Gasteiger partial charge in [0.2, 0.25) is 17.7 Å². The first kappa shape index (κ1) is 22.4. The molecule has 9 nitrogen and oxygen atoms in total. The van der Waals surface area contributed by atoms with Crippen molar-refractivity contribution in [3.05, 3.63) is 46.0 Å². The quantitative estimate of drug-likeness (QED) is 0.284. The van der Waals surface area contributed by atoms with E-state index in [4.69, 9.17) is 0 Å². The lowest BCUT2D eigenvalue weighted by Gasteiger charge is -2.36. The van der Waals surface area contributed by atoms with Crippen molar-refractivity contribution in [1.29, 1.82) is 0 Å². The Morgan fingerprint density at radius 3 is 2.15 bits per heavy atom. The number of anilines is 1. The van der Waals surface area contributed by atoms with Gasteiger partial charge in [0.15, 0.2) is 0 Å². The Kier molecular flexibility index (Phi) is 5.14. The second-order valence-corrected chi connectivity index (χ2v) is 9.09. The van der Waals surface area contributed by atoms with Crippen LogP contribution in [0.5, 0.6) is 0 Å². The maximum Gasteiger partial charge on any atom is 0.416 e. The summed E-state index contributed by atoms with van der Waals surface area (Å²) in [5.74, 6) is -1.68. The topological polar surface area (TPSA) is 104 Å². The van der Waals surface area contributed by atoms with Crippen LogP contribution in [0.15, 0.2) is 30.4 Å². The number of imide groups is 1. The highest BCUT2D eigenvalue weighted by atomic mass is 19.4. The zero-order valence-corrected chi connectivity index (χ0v) is 17.9. The van der Waals surface area contributed by atoms with Gasteiger partial charge in [-0.05, 0) is 30.4 Å². The van der Waals surface area contributed by atoms with E-state index in [1.54, 1.807) is 4.90 Å². The summed E-state index contributed by atoms with van der Waals surface area (Å²) in [5.41, 5.74) is -1.71. The molecule has 1 saturated carbocycles. The van der Waals surface area contributed by atoms with Crippen LogP contribution in [-0.4, -0.2) is 65.2 Å². The van der Waals surface area contributed by atoms with Crippen LogP contribution in [0.2, 0.25) is 0 Å². The number of fused-ring (bicyclic) bond motifs is 5. The van der Waals surface area contributed by atoms with E-state index in [0.717, 1.165) is 23.5 Å². The lowest BCUT2D eigenvalue weighted by molar-refractivity contribution is -0.384. The molecule has 2 aliphatic carbocycles. The van der Waals surface area contributed by atoms with Gasteiger partial charge in [0.1, 0.15) is 12.2 Å². The minimum atomic E-state index is -4.70. The molecule has 2 heterocycles. The molecule has 4 unspecified atom stereocenters. The van der Waals surface area contributed by atoms with Gasteiger partial charge in [-0.25, -0.2) is 0 Å². The second kappa shape index (κ2) is 7.81. The van der Waals surface area contributed by atoms with Crippen molar-refractivity contribution in [2.45, 2.75) is 12.6 Å². The molecule has 0 N–H and O–H groups in total. The average Bonchev–Trinajstić information content (AvgIpc) is 3.48. The number of amides is 3. The molecule has 0 spiro atoms. The summed E-state index contributed by atoms with van der Waals surface area (Å²) in [7, 11) is 0. The molecule has 2 aliphatic heterocycles. The van der Waals surface area contributed by atoms with Crippen LogP contribution in [-0.2, 0) is 20.6 Å². The first-order valence-electron chi connectivity index (χ1n) is 11.0. The zero-order chi connectivity index (χ0) is 24.4. The number of likely N-dealkylation sites (tertiary alicyclic amines) is 1. The minimum Gasteiger partial charge on any atom is -0.362 e. The van der Waals surface area contributed by atoms with Crippen molar-refractivity contribution in [2.24, 2.45) is 23.7 Å². The predicted octanol–water partition coefficient (Wildman–Crippen LogP) is 2.07. The summed E-state index contributed by atoms with van der Waals surface area (Å²) in [5, 5.41) is 11.4. The first-order chi connectivity index (χ1) is 16.1. The van der Waals surface area contributed by atoms with Gasteiger partial charge < -0.3 is 9.80 Å². The molecule has 3 amide bonds. The van der Waals surface area contributed by atoms with Gasteiger partial charge in [-0.1, -0.05) is 12.2 Å². The largest absolute Gasteiger partial charge is 0.416 e. The van der Waals surface area contributed by atoms with E-state index < -0.39 is 28.3 Å². The Morgan fingerprint density at radius 1 is 1.03 bits per heavy atom. The Morgan fingerprint density at radius 2 is 1.62 bits per heavy atom. The lowest BCUT2D eigenvalue weighted by Crippen LogP contribution is -2.52. The van der Waals surface area contributed by atoms with Crippen molar-refractivity contribution < 1.29 is 32.5 Å². The molecule has 12 heteroatoms. The van der Waals surface area contributed by atoms with E-state index in [0.29, 0.717) is 6.07 Å². The van der Waals surface area contributed by atoms with Crippen molar-refractivity contribution in [2.75, 3.05) is 37.6 Å². The second-order valence-electron chi connectivity index (χ2n) is 9.09. The van der Waals surface area contributed by atoms with Crippen LogP contribution in [0, 0.1) is 33.8 Å². The average molecular weight is 478 g/mol. The molecule has 4 aliphatic rings. The van der Waals surface area contributed by atoms with E-state index in [2.05, 4.69) is 0 Å². The van der Waals surface area contributed by atoms with E-state index in [-0.39, 0.29) is 73.9 Å². The molecule has 1 aromatic rings. The fraction of sp³-hybridized carbons (Fsp3) is 0.500. The molecule has 2 saturated heterocycles. The minimum absolute atomic E-state index is 0.0470. The Balaban J connectivity index is 1.23. The van der Waals surface area contributed by atoms with Crippen LogP contribution in [0.25, 0.3) is 0 Å². The van der Waals surface area contributed by atoms with Gasteiger partial charge >= 0.3 is 6.18 Å². The number of carbonyl (C=O) groups excluding carboxylic acids is 3. The number of hydrogen-bond donors (Lipinski definition) is 0. The van der Waals surface area contributed by atoms with Crippen LogP contribution in [0.3, 0.4) is 0 Å². The van der Waals surface area contributed by atoms with Gasteiger partial charge in [-0.3, -0.25) is 29.4 Å². The molecule has 3 fully saturated rings. The number of piperazine rings is 1. The van der Waals surface area contributed by atoms with Gasteiger partial charge in [0, 0.05) is 32.2 Å². The summed E-state index contributed by atoms with van der Waals surface area (Å²) in [4.78, 5) is 53.0. The van der Waals surface area contributed by atoms with Crippen molar-refractivity contribution in [3.8, 4) is 0 Å². The standard InChI is InChI=1S/C22H21F3N4O5/c23-22(24,25)14-3-4-15(16(10-14)29(33)34)26-5-7-27(8-6-26)17(30)11-28-20(31)18-12-1-2-13(9-12)19(18)21(28)32/h1-4,10,12-13,18-19H,5-9,11H2. The highest BCUT2D eigenvalue weighted by Crippen LogP contribution is 2.52. The molecule has 0 radical (unpaired) electrons. The van der Waals surface area contributed by atoms with Crippen LogP contribution >= 0.6 is 0 Å².